The molecule has 0 amide bonds. The molecule has 0 radical (unpaired) electrons. The van der Waals surface area contributed by atoms with Crippen LogP contribution in [0.5, 0.6) is 0 Å². The minimum absolute atomic E-state index is 0. The molecule has 1 heterocycles. The van der Waals surface area contributed by atoms with E-state index in [1.54, 1.807) is 0 Å². The third-order valence-electron chi connectivity index (χ3n) is 3.03. The van der Waals surface area contributed by atoms with Crippen molar-refractivity contribution in [2.45, 2.75) is 6.42 Å². The molecule has 1 N–H and O–H groups in total. The summed E-state index contributed by atoms with van der Waals surface area (Å²) in [5.74, 6) is 4.41. The number of nitrogens with one attached hydrogen (secondary N) is 1. The summed E-state index contributed by atoms with van der Waals surface area (Å²) in [6, 6.07) is 13.1. The van der Waals surface area contributed by atoms with Crippen molar-refractivity contribution >= 4 is 18.3 Å². The van der Waals surface area contributed by atoms with Gasteiger partial charge in [-0.1, -0.05) is 11.4 Å². The number of allylic oxidation sites excluding steroid dienone is 4. The first-order chi connectivity index (χ1) is 9.43. The van der Waals surface area contributed by atoms with Gasteiger partial charge in [-0.25, -0.2) is 17.1 Å². The fourth-order valence-electron chi connectivity index (χ4n) is 2.07. The molecule has 1 nitrogen and oxygen atoms in total. The fourth-order valence-corrected chi connectivity index (χ4v) is 3.55. The molecule has 1 aliphatic carbocycles. The van der Waals surface area contributed by atoms with Gasteiger partial charge in [-0.05, 0) is 7.53 Å². The second-order valence-electron chi connectivity index (χ2n) is 4.36. The SMILES string of the molecule is [C-]1=CC=CC1.[Cl-].[Cl-].[Ti+4].c1ccc2[cH-]c(-p3cc[nH+]c3)cc2c1. The van der Waals surface area contributed by atoms with Crippen LogP contribution in [0.25, 0.3) is 16.1 Å². The van der Waals surface area contributed by atoms with E-state index >= 15 is 0 Å². The van der Waals surface area contributed by atoms with E-state index in [1.165, 1.54) is 16.1 Å². The minimum Gasteiger partial charge on any atom is -1.00 e. The van der Waals surface area contributed by atoms with Gasteiger partial charge in [0.05, 0.1) is 0 Å². The van der Waals surface area contributed by atoms with Crippen molar-refractivity contribution in [2.75, 3.05) is 0 Å². The summed E-state index contributed by atoms with van der Waals surface area (Å²) in [6.45, 7) is 0. The maximum atomic E-state index is 3.14. The molecule has 3 aromatic rings. The number of hydrogen-bond donors (Lipinski definition) is 0. The van der Waals surface area contributed by atoms with Crippen molar-refractivity contribution in [1.82, 2.24) is 0 Å². The van der Waals surface area contributed by atoms with E-state index in [2.05, 4.69) is 65.3 Å². The van der Waals surface area contributed by atoms with E-state index in [4.69, 9.17) is 0 Å². The Labute approximate surface area is 159 Å². The Kier molecular flexibility index (Phi) is 10.6. The standard InChI is InChI=1S/C12H9NP.C5H5.2ClH.Ti/c1-2-4-11-8-12(7-10(11)3-1)14-6-5-13-9-14;1-2-4-5-3-1;;;/h1-9H;1-3H,4H2;2*1H;/q2*-1;;;+4/p-1. The van der Waals surface area contributed by atoms with Crippen LogP contribution in [0.1, 0.15) is 6.42 Å². The molecule has 1 aromatic heterocycles. The molecule has 1 aliphatic rings. The van der Waals surface area contributed by atoms with Crippen LogP contribution in [-0.4, -0.2) is 0 Å². The van der Waals surface area contributed by atoms with Crippen LogP contribution < -0.4 is 29.8 Å². The number of rotatable bonds is 1. The van der Waals surface area contributed by atoms with Crippen LogP contribution >= 0.6 is 7.53 Å². The van der Waals surface area contributed by atoms with E-state index in [9.17, 15) is 0 Å². The zero-order valence-electron chi connectivity index (χ0n) is 11.8. The van der Waals surface area contributed by atoms with Gasteiger partial charge in [0.2, 0.25) is 0 Å². The fraction of sp³-hybridized carbons (Fsp3) is 0.0588. The number of aromatic nitrogens is 1. The van der Waals surface area contributed by atoms with Crippen LogP contribution in [0.4, 0.5) is 0 Å². The molecule has 0 aliphatic heterocycles. The van der Waals surface area contributed by atoms with Crippen LogP contribution in [0.15, 0.2) is 72.5 Å². The van der Waals surface area contributed by atoms with Gasteiger partial charge in [0, 0.05) is 5.80 Å². The summed E-state index contributed by atoms with van der Waals surface area (Å²) in [5, 5.41) is 4.12. The second-order valence-corrected chi connectivity index (χ2v) is 6.25. The van der Waals surface area contributed by atoms with E-state index in [-0.39, 0.29) is 54.1 Å². The van der Waals surface area contributed by atoms with Crippen molar-refractivity contribution in [3.8, 4) is 5.30 Å². The average molecular weight is 383 g/mol. The molecule has 0 saturated heterocycles. The monoisotopic (exact) mass is 382 g/mol. The smallest absolute Gasteiger partial charge is 1.00 e. The number of aromatic amines is 1. The van der Waals surface area contributed by atoms with Crippen molar-refractivity contribution in [3.05, 3.63) is 78.6 Å². The number of benzene rings is 1. The van der Waals surface area contributed by atoms with Gasteiger partial charge >= 0.3 is 21.7 Å². The summed E-state index contributed by atoms with van der Waals surface area (Å²) in [6.07, 6.45) is 12.0. The molecule has 0 spiro atoms. The zero-order valence-corrected chi connectivity index (χ0v) is 15.8. The molecule has 0 bridgehead atoms. The molecule has 22 heavy (non-hydrogen) atoms. The summed E-state index contributed by atoms with van der Waals surface area (Å²) in [4.78, 5) is 3.14. The van der Waals surface area contributed by atoms with E-state index in [1.807, 2.05) is 18.3 Å². The molecule has 0 fully saturated rings. The molecule has 0 saturated carbocycles. The normalized spacial score (nSPS) is 11.7. The van der Waals surface area contributed by atoms with Crippen molar-refractivity contribution in [1.29, 1.82) is 0 Å². The predicted octanol–water partition coefficient (Wildman–Crippen LogP) is -1.34. The molecular formula is C17H15Cl2NPTi+. The van der Waals surface area contributed by atoms with Crippen LogP contribution in [0.2, 0.25) is 0 Å². The van der Waals surface area contributed by atoms with E-state index in [0.717, 1.165) is 6.42 Å². The maximum absolute atomic E-state index is 3.14. The number of H-pyrrole nitrogens is 1. The number of hydrogen-bond acceptors (Lipinski definition) is 0. The van der Waals surface area contributed by atoms with Gasteiger partial charge in [0.25, 0.3) is 0 Å². The Morgan fingerprint density at radius 1 is 1.18 bits per heavy atom. The van der Waals surface area contributed by atoms with Gasteiger partial charge in [-0.2, -0.15) is 12.1 Å². The molecule has 110 valence electrons. The molecule has 4 rings (SSSR count). The van der Waals surface area contributed by atoms with Crippen molar-refractivity contribution in [3.63, 3.8) is 0 Å². The molecule has 5 heteroatoms. The number of halogens is 2. The van der Waals surface area contributed by atoms with Crippen LogP contribution in [0.3, 0.4) is 0 Å². The largest absolute Gasteiger partial charge is 4.00 e. The summed E-state index contributed by atoms with van der Waals surface area (Å²) < 4.78 is 0. The molecule has 2 aromatic carbocycles. The van der Waals surface area contributed by atoms with Gasteiger partial charge in [-0.15, -0.1) is 41.5 Å². The van der Waals surface area contributed by atoms with E-state index in [0.29, 0.717) is 0 Å². The Balaban J connectivity index is 0.000000482. The Morgan fingerprint density at radius 3 is 2.55 bits per heavy atom. The first-order valence-corrected chi connectivity index (χ1v) is 7.83. The summed E-state index contributed by atoms with van der Waals surface area (Å²) in [5.41, 5.74) is 0. The zero-order chi connectivity index (χ0) is 12.9. The Bertz CT molecular complexity index is 674. The van der Waals surface area contributed by atoms with E-state index < -0.39 is 0 Å². The third-order valence-corrected chi connectivity index (χ3v) is 4.78. The topological polar surface area (TPSA) is 14.1 Å². The number of fused-ring (bicyclic) bond motifs is 1. The van der Waals surface area contributed by atoms with Crippen molar-refractivity contribution < 1.29 is 51.5 Å². The van der Waals surface area contributed by atoms with Crippen molar-refractivity contribution in [2.24, 2.45) is 0 Å². The first kappa shape index (κ1) is 21.3. The van der Waals surface area contributed by atoms with Crippen LogP contribution in [0, 0.1) is 6.08 Å². The van der Waals surface area contributed by atoms with Gasteiger partial charge in [0.1, 0.15) is 0 Å². The molecular weight excluding hydrogens is 368 g/mol. The summed E-state index contributed by atoms with van der Waals surface area (Å²) in [7, 11) is -0.204. The Hall–Kier alpha value is -0.686. The third kappa shape index (κ3) is 5.50. The van der Waals surface area contributed by atoms with Gasteiger partial charge in [0.15, 0.2) is 12.1 Å². The Morgan fingerprint density at radius 2 is 2.00 bits per heavy atom. The molecule has 1 atom stereocenters. The summed E-state index contributed by atoms with van der Waals surface area (Å²) >= 11 is 0. The maximum Gasteiger partial charge on any atom is 4.00 e. The second kappa shape index (κ2) is 10.9. The van der Waals surface area contributed by atoms with Gasteiger partial charge < -0.3 is 24.8 Å². The quantitative estimate of drug-likeness (QED) is 0.365. The minimum atomic E-state index is -0.204. The van der Waals surface area contributed by atoms with Gasteiger partial charge in [-0.3, -0.25) is 6.08 Å². The predicted molar refractivity (Wildman–Crippen MR) is 81.7 cm³/mol. The first-order valence-electron chi connectivity index (χ1n) is 6.35. The molecule has 1 unspecified atom stereocenters. The van der Waals surface area contributed by atoms with Crippen LogP contribution in [-0.2, 0) is 21.7 Å². The average Bonchev–Trinajstić information content (AvgIpc) is 3.20.